The van der Waals surface area contributed by atoms with E-state index in [4.69, 9.17) is 5.11 Å². The molecule has 0 radical (unpaired) electrons. The van der Waals surface area contributed by atoms with Crippen molar-refractivity contribution in [1.29, 1.82) is 0 Å². The molecular formula is C20H21N3O3. The number of nitrogens with one attached hydrogen (secondary N) is 2. The van der Waals surface area contributed by atoms with Crippen molar-refractivity contribution >= 4 is 17.7 Å². The average Bonchev–Trinajstić information content (AvgIpc) is 2.59. The summed E-state index contributed by atoms with van der Waals surface area (Å²) < 4.78 is 0. The normalized spacial score (nSPS) is 10.4. The van der Waals surface area contributed by atoms with Gasteiger partial charge in [-0.15, -0.1) is 0 Å². The number of hydrogen-bond acceptors (Lipinski definition) is 3. The van der Waals surface area contributed by atoms with Crippen LogP contribution in [0.25, 0.3) is 0 Å². The van der Waals surface area contributed by atoms with E-state index in [9.17, 15) is 9.59 Å². The van der Waals surface area contributed by atoms with Gasteiger partial charge in [0.1, 0.15) is 5.69 Å². The Kier molecular flexibility index (Phi) is 6.34. The van der Waals surface area contributed by atoms with Crippen LogP contribution >= 0.6 is 0 Å². The number of nitrogens with zero attached hydrogens (tertiary/aromatic N) is 1. The van der Waals surface area contributed by atoms with Crippen molar-refractivity contribution in [2.45, 2.75) is 32.2 Å². The van der Waals surface area contributed by atoms with Gasteiger partial charge in [0, 0.05) is 29.4 Å². The van der Waals surface area contributed by atoms with Gasteiger partial charge in [-0.3, -0.25) is 4.79 Å². The molecule has 0 spiro atoms. The van der Waals surface area contributed by atoms with Crippen LogP contribution in [-0.2, 0) is 4.79 Å². The first-order chi connectivity index (χ1) is 12.3. The van der Waals surface area contributed by atoms with E-state index < -0.39 is 17.5 Å². The Morgan fingerprint density at radius 2 is 1.96 bits per heavy atom. The van der Waals surface area contributed by atoms with E-state index in [1.165, 1.54) is 0 Å². The summed E-state index contributed by atoms with van der Waals surface area (Å²) in [4.78, 5) is 27.0. The lowest BCUT2D eigenvalue weighted by atomic mass is 9.99. The number of pyridine rings is 1. The molecule has 6 nitrogen and oxygen atoms in total. The lowest BCUT2D eigenvalue weighted by Crippen LogP contribution is -2.45. The molecule has 0 aliphatic rings. The summed E-state index contributed by atoms with van der Waals surface area (Å²) in [7, 11) is 0. The van der Waals surface area contributed by atoms with Gasteiger partial charge in [0.05, 0.1) is 0 Å². The van der Waals surface area contributed by atoms with Gasteiger partial charge in [0.25, 0.3) is 0 Å². The molecule has 0 fully saturated rings. The van der Waals surface area contributed by atoms with Crippen molar-refractivity contribution < 1.29 is 14.7 Å². The van der Waals surface area contributed by atoms with Crippen molar-refractivity contribution in [1.82, 2.24) is 10.3 Å². The molecule has 0 bridgehead atoms. The molecule has 0 saturated heterocycles. The number of hydrogen-bond donors (Lipinski definition) is 3. The fraction of sp³-hybridized carbons (Fsp3) is 0.250. The van der Waals surface area contributed by atoms with E-state index >= 15 is 0 Å². The minimum Gasteiger partial charge on any atom is -0.481 e. The van der Waals surface area contributed by atoms with Gasteiger partial charge in [-0.25, -0.2) is 9.78 Å². The maximum Gasteiger partial charge on any atom is 0.319 e. The fourth-order valence-electron chi connectivity index (χ4n) is 2.20. The number of carboxylic acid groups (broad SMARTS) is 1. The number of aromatic nitrogens is 1. The molecule has 2 rings (SSSR count). The zero-order chi connectivity index (χ0) is 19.0. The standard InChI is InChI=1S/C20H21N3O3/c1-20(2,12-11-18(24)25)23-19(26)22-17-8-5-6-15(14-17)9-10-16-7-3-4-13-21-16/h3-8,13-14H,11-12H2,1-2H3,(H,24,25)(H2,22,23,26). The summed E-state index contributed by atoms with van der Waals surface area (Å²) in [6.45, 7) is 3.56. The van der Waals surface area contributed by atoms with Crippen molar-refractivity contribution in [3.63, 3.8) is 0 Å². The minimum atomic E-state index is -0.889. The highest BCUT2D eigenvalue weighted by atomic mass is 16.4. The Labute approximate surface area is 152 Å². The lowest BCUT2D eigenvalue weighted by molar-refractivity contribution is -0.137. The third-order valence-corrected chi connectivity index (χ3v) is 3.54. The van der Waals surface area contributed by atoms with Crippen LogP contribution in [0, 0.1) is 11.8 Å². The van der Waals surface area contributed by atoms with E-state index in [0.717, 1.165) is 5.56 Å². The predicted molar refractivity (Wildman–Crippen MR) is 99.8 cm³/mol. The maximum atomic E-state index is 12.1. The second-order valence-electron chi connectivity index (χ2n) is 6.40. The van der Waals surface area contributed by atoms with Crippen LogP contribution in [0.3, 0.4) is 0 Å². The monoisotopic (exact) mass is 351 g/mol. The number of aliphatic carboxylic acids is 1. The van der Waals surface area contributed by atoms with E-state index in [1.54, 1.807) is 38.2 Å². The molecule has 0 aliphatic heterocycles. The molecule has 2 aromatic rings. The lowest BCUT2D eigenvalue weighted by Gasteiger charge is -2.25. The first-order valence-corrected chi connectivity index (χ1v) is 8.18. The SMILES string of the molecule is CC(C)(CCC(=O)O)NC(=O)Nc1cccc(C#Cc2ccccn2)c1. The van der Waals surface area contributed by atoms with Crippen LogP contribution in [0.2, 0.25) is 0 Å². The molecule has 2 amide bonds. The van der Waals surface area contributed by atoms with Crippen molar-refractivity contribution in [2.75, 3.05) is 5.32 Å². The van der Waals surface area contributed by atoms with Crippen molar-refractivity contribution in [2.24, 2.45) is 0 Å². The molecule has 0 unspecified atom stereocenters. The Balaban J connectivity index is 1.99. The van der Waals surface area contributed by atoms with Gasteiger partial charge in [0.15, 0.2) is 0 Å². The van der Waals surface area contributed by atoms with Crippen LogP contribution in [0.1, 0.15) is 37.9 Å². The van der Waals surface area contributed by atoms with E-state index in [2.05, 4.69) is 27.5 Å². The highest BCUT2D eigenvalue weighted by Gasteiger charge is 2.21. The molecule has 0 atom stereocenters. The predicted octanol–water partition coefficient (Wildman–Crippen LogP) is 3.25. The third-order valence-electron chi connectivity index (χ3n) is 3.54. The zero-order valence-electron chi connectivity index (χ0n) is 14.7. The first kappa shape index (κ1) is 19.0. The number of urea groups is 1. The second kappa shape index (κ2) is 8.67. The van der Waals surface area contributed by atoms with Gasteiger partial charge in [-0.05, 0) is 56.5 Å². The van der Waals surface area contributed by atoms with Gasteiger partial charge in [-0.1, -0.05) is 18.1 Å². The molecule has 134 valence electrons. The molecule has 6 heteroatoms. The van der Waals surface area contributed by atoms with Gasteiger partial charge < -0.3 is 15.7 Å². The molecule has 26 heavy (non-hydrogen) atoms. The number of rotatable bonds is 5. The molecule has 3 N–H and O–H groups in total. The average molecular weight is 351 g/mol. The van der Waals surface area contributed by atoms with Gasteiger partial charge in [-0.2, -0.15) is 0 Å². The highest BCUT2D eigenvalue weighted by molar-refractivity contribution is 5.90. The molecule has 1 aromatic heterocycles. The summed E-state index contributed by atoms with van der Waals surface area (Å²) >= 11 is 0. The zero-order valence-corrected chi connectivity index (χ0v) is 14.7. The van der Waals surface area contributed by atoms with Crippen LogP contribution < -0.4 is 10.6 Å². The quantitative estimate of drug-likeness (QED) is 0.721. The van der Waals surface area contributed by atoms with Crippen molar-refractivity contribution in [3.8, 4) is 11.8 Å². The Morgan fingerprint density at radius 3 is 2.65 bits per heavy atom. The van der Waals surface area contributed by atoms with Crippen LogP contribution in [0.15, 0.2) is 48.7 Å². The van der Waals surface area contributed by atoms with Gasteiger partial charge in [0.2, 0.25) is 0 Å². The van der Waals surface area contributed by atoms with E-state index in [-0.39, 0.29) is 6.42 Å². The van der Waals surface area contributed by atoms with Crippen LogP contribution in [0.4, 0.5) is 10.5 Å². The number of carboxylic acids is 1. The Morgan fingerprint density at radius 1 is 1.15 bits per heavy atom. The van der Waals surface area contributed by atoms with E-state index in [1.807, 2.05) is 24.3 Å². The smallest absolute Gasteiger partial charge is 0.319 e. The van der Waals surface area contributed by atoms with Crippen LogP contribution in [0.5, 0.6) is 0 Å². The summed E-state index contributed by atoms with van der Waals surface area (Å²) in [6.07, 6.45) is 2.01. The molecule has 1 aromatic carbocycles. The summed E-state index contributed by atoms with van der Waals surface area (Å²) in [5.41, 5.74) is 1.39. The minimum absolute atomic E-state index is 0.00806. The summed E-state index contributed by atoms with van der Waals surface area (Å²) in [5.74, 6) is 5.08. The third kappa shape index (κ3) is 6.65. The topological polar surface area (TPSA) is 91.3 Å². The van der Waals surface area contributed by atoms with Crippen LogP contribution in [-0.4, -0.2) is 27.6 Å². The summed E-state index contributed by atoms with van der Waals surface area (Å²) in [6, 6.07) is 12.3. The number of benzene rings is 1. The maximum absolute atomic E-state index is 12.1. The largest absolute Gasteiger partial charge is 0.481 e. The van der Waals surface area contributed by atoms with Gasteiger partial charge >= 0.3 is 12.0 Å². The second-order valence-corrected chi connectivity index (χ2v) is 6.40. The number of anilines is 1. The van der Waals surface area contributed by atoms with E-state index in [0.29, 0.717) is 17.8 Å². The van der Waals surface area contributed by atoms with Crippen molar-refractivity contribution in [3.05, 3.63) is 59.9 Å². The number of carbonyl (C=O) groups excluding carboxylic acids is 1. The number of amides is 2. The fourth-order valence-corrected chi connectivity index (χ4v) is 2.20. The Hall–Kier alpha value is -3.33. The molecule has 1 heterocycles. The summed E-state index contributed by atoms with van der Waals surface area (Å²) in [5, 5.41) is 14.3. The molecular weight excluding hydrogens is 330 g/mol. The Bertz CT molecular complexity index is 836. The molecule has 0 saturated carbocycles. The first-order valence-electron chi connectivity index (χ1n) is 8.18. The molecule has 0 aliphatic carbocycles. The number of carbonyl (C=O) groups is 2. The highest BCUT2D eigenvalue weighted by Crippen LogP contribution is 2.13.